The molecule has 2 N–H and O–H groups in total. The third kappa shape index (κ3) is 4.99. The Morgan fingerprint density at radius 1 is 1.30 bits per heavy atom. The second-order valence-electron chi connectivity index (χ2n) is 4.71. The van der Waals surface area contributed by atoms with Crippen LogP contribution in [-0.2, 0) is 16.1 Å². The molecule has 6 heteroatoms. The number of nitrogens with one attached hydrogen (secondary N) is 1. The lowest BCUT2D eigenvalue weighted by Gasteiger charge is -2.12. The van der Waals surface area contributed by atoms with Gasteiger partial charge in [-0.05, 0) is 31.8 Å². The van der Waals surface area contributed by atoms with Gasteiger partial charge in [-0.1, -0.05) is 12.1 Å². The van der Waals surface area contributed by atoms with Crippen LogP contribution in [0.2, 0.25) is 0 Å². The molecule has 0 saturated carbocycles. The fraction of sp³-hybridized carbons (Fsp3) is 0.429. The van der Waals surface area contributed by atoms with Gasteiger partial charge >= 0.3 is 5.97 Å². The highest BCUT2D eigenvalue weighted by Crippen LogP contribution is 2.06. The van der Waals surface area contributed by atoms with E-state index in [1.807, 2.05) is 31.1 Å². The summed E-state index contributed by atoms with van der Waals surface area (Å²) >= 11 is 0. The van der Waals surface area contributed by atoms with Crippen molar-refractivity contribution in [3.63, 3.8) is 0 Å². The first-order valence-corrected chi connectivity index (χ1v) is 6.21. The lowest BCUT2D eigenvalue weighted by atomic mass is 10.1. The van der Waals surface area contributed by atoms with Crippen molar-refractivity contribution < 1.29 is 19.4 Å². The summed E-state index contributed by atoms with van der Waals surface area (Å²) in [5.74, 6) is -1.42. The minimum absolute atomic E-state index is 0.0654. The average Bonchev–Trinajstić information content (AvgIpc) is 2.39. The standard InChI is InChI=1S/C14H20N2O4/c1-16(2)9-10-4-6-11(7-5-10)13(17)15-8-12(20-3)14(18)19/h4-7,12H,8-9H2,1-3H3,(H,15,17)(H,18,19). The number of carbonyl (C=O) groups excluding carboxylic acids is 1. The molecule has 1 unspecified atom stereocenters. The molecule has 0 heterocycles. The lowest BCUT2D eigenvalue weighted by Crippen LogP contribution is -2.37. The molecule has 1 aromatic carbocycles. The Bertz CT molecular complexity index is 457. The van der Waals surface area contributed by atoms with Crippen molar-refractivity contribution in [3.05, 3.63) is 35.4 Å². The topological polar surface area (TPSA) is 78.9 Å². The Kier molecular flexibility index (Phi) is 6.14. The van der Waals surface area contributed by atoms with E-state index in [-0.39, 0.29) is 12.5 Å². The number of methoxy groups -OCH3 is 1. The smallest absolute Gasteiger partial charge is 0.334 e. The highest BCUT2D eigenvalue weighted by molar-refractivity contribution is 5.94. The molecule has 1 rings (SSSR count). The lowest BCUT2D eigenvalue weighted by molar-refractivity contribution is -0.148. The van der Waals surface area contributed by atoms with Crippen LogP contribution in [0.5, 0.6) is 0 Å². The fourth-order valence-electron chi connectivity index (χ4n) is 1.69. The van der Waals surface area contributed by atoms with Gasteiger partial charge in [0.1, 0.15) is 0 Å². The van der Waals surface area contributed by atoms with Gasteiger partial charge < -0.3 is 20.1 Å². The first-order chi connectivity index (χ1) is 9.43. The highest BCUT2D eigenvalue weighted by Gasteiger charge is 2.17. The predicted octanol–water partition coefficient (Wildman–Crippen LogP) is 0.578. The number of hydrogen-bond acceptors (Lipinski definition) is 4. The molecule has 20 heavy (non-hydrogen) atoms. The van der Waals surface area contributed by atoms with Crippen LogP contribution in [0.4, 0.5) is 0 Å². The number of aliphatic carboxylic acids is 1. The van der Waals surface area contributed by atoms with Gasteiger partial charge in [0, 0.05) is 19.2 Å². The van der Waals surface area contributed by atoms with Crippen LogP contribution >= 0.6 is 0 Å². The molecule has 0 fully saturated rings. The number of carbonyl (C=O) groups is 2. The van der Waals surface area contributed by atoms with Crippen molar-refractivity contribution in [3.8, 4) is 0 Å². The van der Waals surface area contributed by atoms with Gasteiger partial charge in [0.05, 0.1) is 6.54 Å². The summed E-state index contributed by atoms with van der Waals surface area (Å²) in [5.41, 5.74) is 1.60. The minimum Gasteiger partial charge on any atom is -0.479 e. The van der Waals surface area contributed by atoms with Gasteiger partial charge in [0.2, 0.25) is 0 Å². The number of carboxylic acid groups (broad SMARTS) is 1. The maximum Gasteiger partial charge on any atom is 0.334 e. The highest BCUT2D eigenvalue weighted by atomic mass is 16.5. The van der Waals surface area contributed by atoms with Crippen LogP contribution < -0.4 is 5.32 Å². The van der Waals surface area contributed by atoms with E-state index in [4.69, 9.17) is 9.84 Å². The van der Waals surface area contributed by atoms with E-state index >= 15 is 0 Å². The number of hydrogen-bond donors (Lipinski definition) is 2. The molecule has 1 amide bonds. The summed E-state index contributed by atoms with van der Waals surface area (Å²) in [6.45, 7) is 0.733. The summed E-state index contributed by atoms with van der Waals surface area (Å²) in [6, 6.07) is 7.19. The number of rotatable bonds is 7. The van der Waals surface area contributed by atoms with E-state index in [0.29, 0.717) is 5.56 Å². The van der Waals surface area contributed by atoms with Crippen LogP contribution in [0.15, 0.2) is 24.3 Å². The third-order valence-electron chi connectivity index (χ3n) is 2.72. The second kappa shape index (κ2) is 7.62. The third-order valence-corrected chi connectivity index (χ3v) is 2.72. The van der Waals surface area contributed by atoms with Crippen molar-refractivity contribution in [2.24, 2.45) is 0 Å². The van der Waals surface area contributed by atoms with E-state index in [0.717, 1.165) is 12.1 Å². The Morgan fingerprint density at radius 3 is 2.35 bits per heavy atom. The van der Waals surface area contributed by atoms with Crippen molar-refractivity contribution in [2.75, 3.05) is 27.7 Å². The van der Waals surface area contributed by atoms with Crippen LogP contribution in [0.25, 0.3) is 0 Å². The Balaban J connectivity index is 2.57. The maximum absolute atomic E-state index is 11.9. The van der Waals surface area contributed by atoms with E-state index in [1.54, 1.807) is 12.1 Å². The minimum atomic E-state index is -1.10. The molecule has 1 atom stereocenters. The second-order valence-corrected chi connectivity index (χ2v) is 4.71. The van der Waals surface area contributed by atoms with Gasteiger partial charge in [-0.3, -0.25) is 4.79 Å². The molecular formula is C14H20N2O4. The molecule has 0 aliphatic rings. The first kappa shape index (κ1) is 16.1. The zero-order valence-electron chi connectivity index (χ0n) is 11.9. The summed E-state index contributed by atoms with van der Waals surface area (Å²) in [5, 5.41) is 11.3. The Morgan fingerprint density at radius 2 is 1.90 bits per heavy atom. The zero-order chi connectivity index (χ0) is 15.1. The molecular weight excluding hydrogens is 260 g/mol. The Labute approximate surface area is 118 Å². The zero-order valence-corrected chi connectivity index (χ0v) is 11.9. The van der Waals surface area contributed by atoms with Gasteiger partial charge in [0.15, 0.2) is 6.10 Å². The van der Waals surface area contributed by atoms with Crippen molar-refractivity contribution in [1.82, 2.24) is 10.2 Å². The number of nitrogens with zero attached hydrogens (tertiary/aromatic N) is 1. The van der Waals surface area contributed by atoms with E-state index in [2.05, 4.69) is 5.32 Å². The van der Waals surface area contributed by atoms with Crippen molar-refractivity contribution in [2.45, 2.75) is 12.6 Å². The molecule has 0 aliphatic heterocycles. The largest absolute Gasteiger partial charge is 0.479 e. The SMILES string of the molecule is COC(CNC(=O)c1ccc(CN(C)C)cc1)C(=O)O. The quantitative estimate of drug-likeness (QED) is 0.763. The van der Waals surface area contributed by atoms with Crippen molar-refractivity contribution >= 4 is 11.9 Å². The molecule has 0 bridgehead atoms. The molecule has 0 spiro atoms. The van der Waals surface area contributed by atoms with Crippen molar-refractivity contribution in [1.29, 1.82) is 0 Å². The monoisotopic (exact) mass is 280 g/mol. The molecule has 0 aliphatic carbocycles. The maximum atomic E-state index is 11.9. The molecule has 110 valence electrons. The van der Waals surface area contributed by atoms with E-state index in [9.17, 15) is 9.59 Å². The number of benzene rings is 1. The number of amides is 1. The number of carboxylic acids is 1. The summed E-state index contributed by atoms with van der Waals surface area (Å²) in [7, 11) is 5.23. The van der Waals surface area contributed by atoms with E-state index in [1.165, 1.54) is 7.11 Å². The molecule has 1 aromatic rings. The van der Waals surface area contributed by atoms with Gasteiger partial charge in [-0.2, -0.15) is 0 Å². The molecule has 0 radical (unpaired) electrons. The average molecular weight is 280 g/mol. The molecule has 0 aromatic heterocycles. The van der Waals surface area contributed by atoms with Crippen LogP contribution in [-0.4, -0.2) is 55.7 Å². The van der Waals surface area contributed by atoms with Gasteiger partial charge in [0.25, 0.3) is 5.91 Å². The van der Waals surface area contributed by atoms with Crippen LogP contribution in [0.1, 0.15) is 15.9 Å². The van der Waals surface area contributed by atoms with Gasteiger partial charge in [-0.15, -0.1) is 0 Å². The van der Waals surface area contributed by atoms with Crippen LogP contribution in [0, 0.1) is 0 Å². The summed E-state index contributed by atoms with van der Waals surface area (Å²) < 4.78 is 4.74. The predicted molar refractivity (Wildman–Crippen MR) is 74.6 cm³/mol. The molecule has 0 saturated heterocycles. The first-order valence-electron chi connectivity index (χ1n) is 6.21. The van der Waals surface area contributed by atoms with Crippen LogP contribution in [0.3, 0.4) is 0 Å². The summed E-state index contributed by atoms with van der Waals surface area (Å²) in [4.78, 5) is 24.6. The normalized spacial score (nSPS) is 12.2. The molecule has 6 nitrogen and oxygen atoms in total. The van der Waals surface area contributed by atoms with Gasteiger partial charge in [-0.25, -0.2) is 4.79 Å². The Hall–Kier alpha value is -1.92. The fourth-order valence-corrected chi connectivity index (χ4v) is 1.69. The van der Waals surface area contributed by atoms with E-state index < -0.39 is 12.1 Å². The number of ether oxygens (including phenoxy) is 1. The summed E-state index contributed by atoms with van der Waals surface area (Å²) in [6.07, 6.45) is -1.04.